The standard InChI is InChI=1S/C11H18N2O2/c1-7(2)4-10-9(6-12-13-10)5-8(3)11(14)15/h6-8H,4-5H2,1-3H3,(H,12,13)(H,14,15). The molecule has 1 aromatic rings. The highest BCUT2D eigenvalue weighted by atomic mass is 16.4. The van der Waals surface area contributed by atoms with Crippen molar-refractivity contribution in [2.75, 3.05) is 0 Å². The molecule has 0 radical (unpaired) electrons. The minimum absolute atomic E-state index is 0.353. The molecule has 4 nitrogen and oxygen atoms in total. The second-order valence-electron chi connectivity index (χ2n) is 4.42. The van der Waals surface area contributed by atoms with Gasteiger partial charge in [0.05, 0.1) is 12.1 Å². The lowest BCUT2D eigenvalue weighted by atomic mass is 9.98. The van der Waals surface area contributed by atoms with E-state index in [9.17, 15) is 4.79 Å². The highest BCUT2D eigenvalue weighted by Crippen LogP contribution is 2.15. The number of carboxylic acids is 1. The summed E-state index contributed by atoms with van der Waals surface area (Å²) in [5.74, 6) is -0.565. The number of rotatable bonds is 5. The molecule has 0 saturated carbocycles. The van der Waals surface area contributed by atoms with Crippen molar-refractivity contribution in [3.63, 3.8) is 0 Å². The number of nitrogens with zero attached hydrogens (tertiary/aromatic N) is 1. The van der Waals surface area contributed by atoms with Crippen molar-refractivity contribution in [1.29, 1.82) is 0 Å². The topological polar surface area (TPSA) is 66.0 Å². The largest absolute Gasteiger partial charge is 0.481 e. The van der Waals surface area contributed by atoms with E-state index in [2.05, 4.69) is 24.0 Å². The van der Waals surface area contributed by atoms with E-state index in [0.29, 0.717) is 12.3 Å². The van der Waals surface area contributed by atoms with Gasteiger partial charge >= 0.3 is 5.97 Å². The number of H-pyrrole nitrogens is 1. The van der Waals surface area contributed by atoms with Crippen LogP contribution in [0, 0.1) is 11.8 Å². The Labute approximate surface area is 89.7 Å². The number of carboxylic acid groups (broad SMARTS) is 1. The molecule has 0 aliphatic rings. The van der Waals surface area contributed by atoms with Crippen LogP contribution in [0.4, 0.5) is 0 Å². The Bertz CT molecular complexity index is 331. The molecule has 15 heavy (non-hydrogen) atoms. The fraction of sp³-hybridized carbons (Fsp3) is 0.636. The van der Waals surface area contributed by atoms with Crippen molar-refractivity contribution < 1.29 is 9.90 Å². The Morgan fingerprint density at radius 3 is 2.67 bits per heavy atom. The van der Waals surface area contributed by atoms with Crippen LogP contribution < -0.4 is 0 Å². The maximum Gasteiger partial charge on any atom is 0.306 e. The van der Waals surface area contributed by atoms with Gasteiger partial charge in [0.2, 0.25) is 0 Å². The molecule has 1 unspecified atom stereocenters. The van der Waals surface area contributed by atoms with Crippen molar-refractivity contribution in [1.82, 2.24) is 10.2 Å². The van der Waals surface area contributed by atoms with E-state index in [4.69, 9.17) is 5.11 Å². The summed E-state index contributed by atoms with van der Waals surface area (Å²) in [6, 6.07) is 0. The first kappa shape index (κ1) is 11.8. The van der Waals surface area contributed by atoms with Gasteiger partial charge in [0.25, 0.3) is 0 Å². The van der Waals surface area contributed by atoms with Crippen LogP contribution in [0.3, 0.4) is 0 Å². The molecule has 0 saturated heterocycles. The lowest BCUT2D eigenvalue weighted by Gasteiger charge is -2.08. The molecule has 0 aromatic carbocycles. The van der Waals surface area contributed by atoms with Gasteiger partial charge < -0.3 is 5.11 Å². The molecule has 1 rings (SSSR count). The Kier molecular flexibility index (Phi) is 3.88. The second-order valence-corrected chi connectivity index (χ2v) is 4.42. The molecule has 2 N–H and O–H groups in total. The molecule has 1 heterocycles. The molecule has 0 aliphatic heterocycles. The first-order valence-corrected chi connectivity index (χ1v) is 5.24. The van der Waals surface area contributed by atoms with Gasteiger partial charge in [-0.2, -0.15) is 5.10 Å². The third-order valence-corrected chi connectivity index (χ3v) is 2.37. The average molecular weight is 210 g/mol. The van der Waals surface area contributed by atoms with Crippen molar-refractivity contribution in [2.24, 2.45) is 11.8 Å². The van der Waals surface area contributed by atoms with Crippen LogP contribution in [0.5, 0.6) is 0 Å². The van der Waals surface area contributed by atoms with Gasteiger partial charge in [0, 0.05) is 5.69 Å². The third kappa shape index (κ3) is 3.38. The lowest BCUT2D eigenvalue weighted by Crippen LogP contribution is -2.13. The predicted molar refractivity (Wildman–Crippen MR) is 57.6 cm³/mol. The smallest absolute Gasteiger partial charge is 0.306 e. The zero-order valence-electron chi connectivity index (χ0n) is 9.45. The van der Waals surface area contributed by atoms with Crippen molar-refractivity contribution in [3.8, 4) is 0 Å². The molecule has 4 heteroatoms. The monoisotopic (exact) mass is 210 g/mol. The normalized spacial score (nSPS) is 13.1. The summed E-state index contributed by atoms with van der Waals surface area (Å²) in [6.07, 6.45) is 3.20. The van der Waals surface area contributed by atoms with Crippen molar-refractivity contribution in [3.05, 3.63) is 17.5 Å². The first-order valence-electron chi connectivity index (χ1n) is 5.24. The average Bonchev–Trinajstić information content (AvgIpc) is 2.51. The van der Waals surface area contributed by atoms with Gasteiger partial charge in [-0.3, -0.25) is 9.89 Å². The lowest BCUT2D eigenvalue weighted by molar-refractivity contribution is -0.141. The molecule has 0 bridgehead atoms. The van der Waals surface area contributed by atoms with E-state index < -0.39 is 5.97 Å². The molecule has 1 aromatic heterocycles. The van der Waals surface area contributed by atoms with E-state index in [1.165, 1.54) is 0 Å². The number of hydrogen-bond acceptors (Lipinski definition) is 2. The summed E-state index contributed by atoms with van der Waals surface area (Å²) in [7, 11) is 0. The Morgan fingerprint density at radius 2 is 2.13 bits per heavy atom. The Hall–Kier alpha value is -1.32. The third-order valence-electron chi connectivity index (χ3n) is 2.37. The number of aliphatic carboxylic acids is 1. The van der Waals surface area contributed by atoms with Gasteiger partial charge in [0.15, 0.2) is 0 Å². The van der Waals surface area contributed by atoms with Crippen molar-refractivity contribution >= 4 is 5.97 Å². The summed E-state index contributed by atoms with van der Waals surface area (Å²) in [4.78, 5) is 10.7. The van der Waals surface area contributed by atoms with Crippen LogP contribution >= 0.6 is 0 Å². The van der Waals surface area contributed by atoms with Crippen LogP contribution in [0.1, 0.15) is 32.0 Å². The van der Waals surface area contributed by atoms with Gasteiger partial charge in [-0.15, -0.1) is 0 Å². The quantitative estimate of drug-likeness (QED) is 0.779. The number of aromatic amines is 1. The Balaban J connectivity index is 2.68. The van der Waals surface area contributed by atoms with E-state index in [1.807, 2.05) is 0 Å². The minimum Gasteiger partial charge on any atom is -0.481 e. The summed E-state index contributed by atoms with van der Waals surface area (Å²) in [5, 5.41) is 15.7. The summed E-state index contributed by atoms with van der Waals surface area (Å²) >= 11 is 0. The summed E-state index contributed by atoms with van der Waals surface area (Å²) in [6.45, 7) is 5.98. The van der Waals surface area contributed by atoms with Crippen LogP contribution in [0.2, 0.25) is 0 Å². The Morgan fingerprint density at radius 1 is 1.47 bits per heavy atom. The molecular weight excluding hydrogens is 192 g/mol. The molecular formula is C11H18N2O2. The maximum atomic E-state index is 10.7. The first-order chi connectivity index (χ1) is 7.00. The number of hydrogen-bond donors (Lipinski definition) is 2. The van der Waals surface area contributed by atoms with E-state index in [1.54, 1.807) is 13.1 Å². The van der Waals surface area contributed by atoms with E-state index in [0.717, 1.165) is 17.7 Å². The molecule has 84 valence electrons. The fourth-order valence-electron chi connectivity index (χ4n) is 1.52. The number of carbonyl (C=O) groups is 1. The zero-order valence-corrected chi connectivity index (χ0v) is 9.45. The summed E-state index contributed by atoms with van der Waals surface area (Å²) < 4.78 is 0. The van der Waals surface area contributed by atoms with Crippen LogP contribution in [0.25, 0.3) is 0 Å². The number of aromatic nitrogens is 2. The molecule has 0 spiro atoms. The molecule has 0 amide bonds. The SMILES string of the molecule is CC(C)Cc1[nH]ncc1CC(C)C(=O)O. The molecule has 0 aliphatic carbocycles. The van der Waals surface area contributed by atoms with Gasteiger partial charge in [-0.25, -0.2) is 0 Å². The van der Waals surface area contributed by atoms with Gasteiger partial charge in [0.1, 0.15) is 0 Å². The molecule has 1 atom stereocenters. The molecule has 0 fully saturated rings. The maximum absolute atomic E-state index is 10.7. The predicted octanol–water partition coefficient (Wildman–Crippen LogP) is 1.87. The van der Waals surface area contributed by atoms with Crippen LogP contribution in [0.15, 0.2) is 6.20 Å². The highest BCUT2D eigenvalue weighted by molar-refractivity contribution is 5.69. The second kappa shape index (κ2) is 4.96. The zero-order chi connectivity index (χ0) is 11.4. The summed E-state index contributed by atoms with van der Waals surface area (Å²) in [5.41, 5.74) is 2.09. The fourth-order valence-corrected chi connectivity index (χ4v) is 1.52. The van der Waals surface area contributed by atoms with Gasteiger partial charge in [-0.1, -0.05) is 20.8 Å². The van der Waals surface area contributed by atoms with Crippen LogP contribution in [-0.2, 0) is 17.6 Å². The van der Waals surface area contributed by atoms with Gasteiger partial charge in [-0.05, 0) is 24.3 Å². The number of nitrogens with one attached hydrogen (secondary N) is 1. The highest BCUT2D eigenvalue weighted by Gasteiger charge is 2.15. The van der Waals surface area contributed by atoms with E-state index in [-0.39, 0.29) is 5.92 Å². The minimum atomic E-state index is -0.758. The van der Waals surface area contributed by atoms with Crippen molar-refractivity contribution in [2.45, 2.75) is 33.6 Å². The van der Waals surface area contributed by atoms with E-state index >= 15 is 0 Å². The van der Waals surface area contributed by atoms with Crippen LogP contribution in [-0.4, -0.2) is 21.3 Å².